The summed E-state index contributed by atoms with van der Waals surface area (Å²) >= 11 is 0. The number of nitrogen functional groups attached to an aromatic ring is 2. The number of hydrogen-bond donors (Lipinski definition) is 2. The summed E-state index contributed by atoms with van der Waals surface area (Å²) in [5.74, 6) is 1.35. The number of likely N-dealkylation sites (tertiary alicyclic amines) is 2. The van der Waals surface area contributed by atoms with E-state index in [4.69, 9.17) is 16.2 Å². The number of anilines is 2. The van der Waals surface area contributed by atoms with Crippen LogP contribution in [0.3, 0.4) is 0 Å². The molecule has 2 atom stereocenters. The zero-order valence-electron chi connectivity index (χ0n) is 17.7. The second-order valence-corrected chi connectivity index (χ2v) is 8.47. The van der Waals surface area contributed by atoms with E-state index >= 15 is 0 Å². The first-order valence-corrected chi connectivity index (χ1v) is 10.3. The van der Waals surface area contributed by atoms with Gasteiger partial charge in [-0.05, 0) is 32.0 Å². The number of aromatic nitrogens is 4. The molecule has 2 unspecified atom stereocenters. The van der Waals surface area contributed by atoms with Crippen molar-refractivity contribution < 1.29 is 4.74 Å². The largest absolute Gasteiger partial charge is 0.496 e. The Hall–Kier alpha value is -2.91. The van der Waals surface area contributed by atoms with Crippen molar-refractivity contribution in [2.24, 2.45) is 0 Å². The molecule has 2 fully saturated rings. The summed E-state index contributed by atoms with van der Waals surface area (Å²) in [5.41, 5.74) is 16.3. The van der Waals surface area contributed by atoms with E-state index in [2.05, 4.69) is 50.1 Å². The average Bonchev–Trinajstić information content (AvgIpc) is 3.35. The molecule has 30 heavy (non-hydrogen) atoms. The lowest BCUT2D eigenvalue weighted by atomic mass is 10.1. The van der Waals surface area contributed by atoms with Crippen LogP contribution in [-0.4, -0.2) is 68.9 Å². The second-order valence-electron chi connectivity index (χ2n) is 8.47. The van der Waals surface area contributed by atoms with E-state index in [1.165, 1.54) is 18.5 Å². The Kier molecular flexibility index (Phi) is 4.52. The molecule has 2 saturated heterocycles. The molecule has 0 aliphatic carbocycles. The Morgan fingerprint density at radius 3 is 2.67 bits per heavy atom. The molecule has 2 bridgehead atoms. The highest BCUT2D eigenvalue weighted by molar-refractivity contribution is 5.87. The third kappa shape index (κ3) is 3.14. The molecule has 4 heterocycles. The number of piperazine rings is 1. The first-order chi connectivity index (χ1) is 14.4. The summed E-state index contributed by atoms with van der Waals surface area (Å²) in [7, 11) is 3.94. The van der Waals surface area contributed by atoms with Crippen molar-refractivity contribution in [3.8, 4) is 5.75 Å². The number of nitrogens with zero attached hydrogens (tertiary/aromatic N) is 6. The van der Waals surface area contributed by atoms with Gasteiger partial charge in [0.15, 0.2) is 5.82 Å². The van der Waals surface area contributed by atoms with Gasteiger partial charge in [-0.3, -0.25) is 9.58 Å². The summed E-state index contributed by atoms with van der Waals surface area (Å²) in [6.07, 6.45) is 1.28. The van der Waals surface area contributed by atoms with Crippen molar-refractivity contribution in [1.29, 1.82) is 0 Å². The van der Waals surface area contributed by atoms with Crippen LogP contribution >= 0.6 is 0 Å². The van der Waals surface area contributed by atoms with Gasteiger partial charge >= 0.3 is 0 Å². The predicted molar refractivity (Wildman–Crippen MR) is 116 cm³/mol. The van der Waals surface area contributed by atoms with Crippen molar-refractivity contribution in [3.05, 3.63) is 35.0 Å². The maximum Gasteiger partial charge on any atom is 0.222 e. The van der Waals surface area contributed by atoms with Crippen LogP contribution in [0, 0.1) is 6.92 Å². The minimum atomic E-state index is 0.159. The van der Waals surface area contributed by atoms with Crippen LogP contribution in [0.4, 0.5) is 11.8 Å². The number of benzene rings is 1. The molecular formula is C21H28N8O. The van der Waals surface area contributed by atoms with E-state index in [1.54, 1.807) is 7.11 Å². The van der Waals surface area contributed by atoms with Crippen LogP contribution in [0.1, 0.15) is 23.2 Å². The first-order valence-electron chi connectivity index (χ1n) is 10.3. The molecule has 0 spiro atoms. The van der Waals surface area contributed by atoms with Gasteiger partial charge < -0.3 is 21.1 Å². The number of methoxy groups -OCH3 is 1. The zero-order valence-corrected chi connectivity index (χ0v) is 17.7. The highest BCUT2D eigenvalue weighted by Gasteiger charge is 2.41. The van der Waals surface area contributed by atoms with Gasteiger partial charge in [0, 0.05) is 37.3 Å². The smallest absolute Gasteiger partial charge is 0.222 e. The zero-order chi connectivity index (χ0) is 21.0. The molecule has 158 valence electrons. The van der Waals surface area contributed by atoms with Crippen molar-refractivity contribution >= 4 is 22.8 Å². The average molecular weight is 409 g/mol. The molecule has 0 radical (unpaired) electrons. The van der Waals surface area contributed by atoms with Crippen LogP contribution in [-0.2, 0) is 13.1 Å². The molecule has 3 aromatic rings. The van der Waals surface area contributed by atoms with Crippen molar-refractivity contribution in [2.45, 2.75) is 38.5 Å². The van der Waals surface area contributed by atoms with E-state index < -0.39 is 0 Å². The van der Waals surface area contributed by atoms with Crippen molar-refractivity contribution in [2.75, 3.05) is 38.7 Å². The van der Waals surface area contributed by atoms with Gasteiger partial charge in [-0.15, -0.1) is 0 Å². The van der Waals surface area contributed by atoms with Crippen LogP contribution in [0.2, 0.25) is 0 Å². The summed E-state index contributed by atoms with van der Waals surface area (Å²) in [5, 5.41) is 4.61. The van der Waals surface area contributed by atoms with Crippen LogP contribution in [0.15, 0.2) is 18.2 Å². The number of ether oxygens (including phenoxy) is 1. The highest BCUT2D eigenvalue weighted by Crippen LogP contribution is 2.32. The monoisotopic (exact) mass is 408 g/mol. The third-order valence-corrected chi connectivity index (χ3v) is 6.48. The normalized spacial score (nSPS) is 21.7. The van der Waals surface area contributed by atoms with E-state index in [9.17, 15) is 0 Å². The summed E-state index contributed by atoms with van der Waals surface area (Å²) < 4.78 is 7.55. The van der Waals surface area contributed by atoms with Gasteiger partial charge in [0.05, 0.1) is 19.3 Å². The van der Waals surface area contributed by atoms with Crippen molar-refractivity contribution in [3.63, 3.8) is 0 Å². The Bertz CT molecular complexity index is 1110. The number of likely N-dealkylation sites (N-methyl/N-ethyl adjacent to an activating group) is 1. The van der Waals surface area contributed by atoms with E-state index in [-0.39, 0.29) is 5.95 Å². The van der Waals surface area contributed by atoms with Gasteiger partial charge in [-0.2, -0.15) is 10.1 Å². The number of rotatable bonds is 5. The lowest BCUT2D eigenvalue weighted by Gasteiger charge is -2.32. The molecule has 2 aliphatic rings. The van der Waals surface area contributed by atoms with Gasteiger partial charge in [0.25, 0.3) is 0 Å². The van der Waals surface area contributed by atoms with Crippen molar-refractivity contribution in [1.82, 2.24) is 29.5 Å². The highest BCUT2D eigenvalue weighted by atomic mass is 16.5. The Labute approximate surface area is 175 Å². The molecule has 4 N–H and O–H groups in total. The van der Waals surface area contributed by atoms with Gasteiger partial charge in [0.1, 0.15) is 16.8 Å². The van der Waals surface area contributed by atoms with Gasteiger partial charge in [-0.25, -0.2) is 4.98 Å². The van der Waals surface area contributed by atoms with E-state index in [0.717, 1.165) is 30.1 Å². The topological polar surface area (TPSA) is 111 Å². The lowest BCUT2D eigenvalue weighted by Crippen LogP contribution is -2.43. The molecule has 2 aromatic heterocycles. The fourth-order valence-electron chi connectivity index (χ4n) is 4.95. The molecular weight excluding hydrogens is 380 g/mol. The first kappa shape index (κ1) is 19.1. The predicted octanol–water partition coefficient (Wildman–Crippen LogP) is 1.24. The minimum Gasteiger partial charge on any atom is -0.496 e. The number of nitrogens with two attached hydrogens (primary N) is 2. The summed E-state index contributed by atoms with van der Waals surface area (Å²) in [6.45, 7) is 5.68. The SMILES string of the molecule is COc1cc(CN2CC3CC2CN3C)ccc1Cn1nc(C)c2nc(N)nc(N)c21. The van der Waals surface area contributed by atoms with Gasteiger partial charge in [-0.1, -0.05) is 12.1 Å². The second kappa shape index (κ2) is 7.10. The minimum absolute atomic E-state index is 0.159. The van der Waals surface area contributed by atoms with Gasteiger partial charge in [0.2, 0.25) is 5.95 Å². The molecule has 2 aliphatic heterocycles. The number of fused-ring (bicyclic) bond motifs is 3. The quantitative estimate of drug-likeness (QED) is 0.649. The maximum atomic E-state index is 6.12. The molecule has 9 nitrogen and oxygen atoms in total. The Morgan fingerprint density at radius 2 is 1.97 bits per heavy atom. The molecule has 5 rings (SSSR count). The fourth-order valence-corrected chi connectivity index (χ4v) is 4.95. The van der Waals surface area contributed by atoms with Crippen LogP contribution in [0.25, 0.3) is 11.0 Å². The van der Waals surface area contributed by atoms with E-state index in [0.29, 0.717) is 35.5 Å². The number of hydrogen-bond acceptors (Lipinski definition) is 8. The Morgan fingerprint density at radius 1 is 1.13 bits per heavy atom. The summed E-state index contributed by atoms with van der Waals surface area (Å²) in [4.78, 5) is 13.5. The standard InChI is InChI=1S/C21H28N8O/c1-12-18-19(20(22)25-21(23)24-18)29(26-12)9-14-5-4-13(6-17(14)30-3)8-28-11-15-7-16(28)10-27(15)2/h4-6,15-16H,7-11H2,1-3H3,(H4,22,23,24,25). The summed E-state index contributed by atoms with van der Waals surface area (Å²) in [6, 6.07) is 7.81. The molecule has 1 aromatic carbocycles. The number of aryl methyl sites for hydroxylation is 1. The third-order valence-electron chi connectivity index (χ3n) is 6.48. The van der Waals surface area contributed by atoms with E-state index in [1.807, 2.05) is 11.6 Å². The fraction of sp³-hybridized carbons (Fsp3) is 0.476. The van der Waals surface area contributed by atoms with Crippen LogP contribution in [0.5, 0.6) is 5.75 Å². The Balaban J connectivity index is 1.40. The lowest BCUT2D eigenvalue weighted by molar-refractivity contribution is 0.143. The van der Waals surface area contributed by atoms with Crippen LogP contribution < -0.4 is 16.2 Å². The maximum absolute atomic E-state index is 6.12. The molecule has 0 saturated carbocycles. The molecule has 0 amide bonds. The molecule has 9 heteroatoms.